The van der Waals surface area contributed by atoms with Crippen LogP contribution in [0.1, 0.15) is 42.8 Å². The van der Waals surface area contributed by atoms with Gasteiger partial charge in [-0.3, -0.25) is 4.79 Å². The van der Waals surface area contributed by atoms with Gasteiger partial charge in [0.15, 0.2) is 6.10 Å². The van der Waals surface area contributed by atoms with Gasteiger partial charge in [0.1, 0.15) is 11.7 Å². The van der Waals surface area contributed by atoms with E-state index in [0.29, 0.717) is 5.76 Å². The lowest BCUT2D eigenvalue weighted by molar-refractivity contribution is -0.153. The van der Waals surface area contributed by atoms with Crippen molar-refractivity contribution < 1.29 is 13.9 Å². The summed E-state index contributed by atoms with van der Waals surface area (Å²) in [6.45, 7) is 4.03. The maximum absolute atomic E-state index is 13.1. The summed E-state index contributed by atoms with van der Waals surface area (Å²) in [6.07, 6.45) is 1.20. The molecule has 0 bridgehead atoms. The maximum atomic E-state index is 13.1. The molecule has 0 fully saturated rings. The minimum atomic E-state index is -0.460. The molecule has 3 heteroatoms. The molecule has 0 unspecified atom stereocenters. The van der Waals surface area contributed by atoms with Crippen LogP contribution in [0.4, 0.5) is 0 Å². The lowest BCUT2D eigenvalue weighted by Crippen LogP contribution is -2.22. The Bertz CT molecular complexity index is 737. The lowest BCUT2D eigenvalue weighted by Gasteiger charge is -2.23. The van der Waals surface area contributed by atoms with Gasteiger partial charge in [-0.1, -0.05) is 74.5 Å². The molecule has 0 spiro atoms. The standard InChI is InChI=1S/C22H22O3/c1-16(2)21(19-14-9-15-24-19)25-22(23)20(17-10-5-3-6-11-17)18-12-7-4-8-13-18/h3-16,20-21H,1-2H3/t21-/m1/s1. The van der Waals surface area contributed by atoms with E-state index in [1.54, 1.807) is 6.26 Å². The van der Waals surface area contributed by atoms with E-state index in [1.807, 2.05) is 86.6 Å². The second-order valence-electron chi connectivity index (χ2n) is 6.37. The fourth-order valence-electron chi connectivity index (χ4n) is 2.92. The molecular formula is C22H22O3. The Morgan fingerprint density at radius 3 is 1.84 bits per heavy atom. The fourth-order valence-corrected chi connectivity index (χ4v) is 2.92. The summed E-state index contributed by atoms with van der Waals surface area (Å²) in [4.78, 5) is 13.1. The van der Waals surface area contributed by atoms with Crippen molar-refractivity contribution in [1.82, 2.24) is 0 Å². The molecule has 128 valence electrons. The van der Waals surface area contributed by atoms with Crippen LogP contribution in [0.2, 0.25) is 0 Å². The van der Waals surface area contributed by atoms with Gasteiger partial charge in [0.2, 0.25) is 0 Å². The average Bonchev–Trinajstić information content (AvgIpc) is 3.16. The van der Waals surface area contributed by atoms with Gasteiger partial charge in [0.25, 0.3) is 0 Å². The fraction of sp³-hybridized carbons (Fsp3) is 0.227. The zero-order chi connectivity index (χ0) is 17.6. The molecule has 3 rings (SSSR count). The third-order valence-electron chi connectivity index (χ3n) is 4.17. The van der Waals surface area contributed by atoms with Crippen LogP contribution in [-0.4, -0.2) is 5.97 Å². The number of ether oxygens (including phenoxy) is 1. The summed E-state index contributed by atoms with van der Waals surface area (Å²) in [5, 5.41) is 0. The summed E-state index contributed by atoms with van der Waals surface area (Å²) in [7, 11) is 0. The predicted octanol–water partition coefficient (Wildman–Crippen LogP) is 5.35. The number of esters is 1. The number of carbonyl (C=O) groups is 1. The minimum absolute atomic E-state index is 0.113. The van der Waals surface area contributed by atoms with Gasteiger partial charge in [-0.05, 0) is 29.2 Å². The topological polar surface area (TPSA) is 39.4 Å². The highest BCUT2D eigenvalue weighted by Crippen LogP contribution is 2.32. The zero-order valence-electron chi connectivity index (χ0n) is 14.5. The molecule has 1 aromatic heterocycles. The monoisotopic (exact) mass is 334 g/mol. The third-order valence-corrected chi connectivity index (χ3v) is 4.17. The minimum Gasteiger partial charge on any atom is -0.465 e. The van der Waals surface area contributed by atoms with E-state index in [1.165, 1.54) is 0 Å². The third kappa shape index (κ3) is 4.00. The molecule has 0 saturated carbocycles. The molecule has 3 nitrogen and oxygen atoms in total. The summed E-state index contributed by atoms with van der Waals surface area (Å²) in [5.74, 6) is 0.0524. The molecule has 0 aliphatic heterocycles. The van der Waals surface area contributed by atoms with E-state index in [-0.39, 0.29) is 11.9 Å². The second kappa shape index (κ2) is 7.84. The molecule has 0 radical (unpaired) electrons. The molecule has 0 aliphatic rings. The smallest absolute Gasteiger partial charge is 0.318 e. The molecule has 3 aromatic rings. The Morgan fingerprint density at radius 2 is 1.40 bits per heavy atom. The van der Waals surface area contributed by atoms with Crippen LogP contribution in [-0.2, 0) is 9.53 Å². The van der Waals surface area contributed by atoms with Crippen molar-refractivity contribution in [2.75, 3.05) is 0 Å². The molecule has 0 amide bonds. The Kier molecular flexibility index (Phi) is 5.34. The van der Waals surface area contributed by atoms with Crippen LogP contribution in [0.25, 0.3) is 0 Å². The van der Waals surface area contributed by atoms with Crippen molar-refractivity contribution in [2.45, 2.75) is 25.9 Å². The highest BCUT2D eigenvalue weighted by Gasteiger charge is 2.29. The van der Waals surface area contributed by atoms with Crippen LogP contribution in [0.15, 0.2) is 83.5 Å². The quantitative estimate of drug-likeness (QED) is 0.570. The van der Waals surface area contributed by atoms with Crippen LogP contribution in [0.3, 0.4) is 0 Å². The van der Waals surface area contributed by atoms with Crippen LogP contribution in [0, 0.1) is 5.92 Å². The first-order valence-corrected chi connectivity index (χ1v) is 8.50. The van der Waals surface area contributed by atoms with Gasteiger partial charge < -0.3 is 9.15 Å². The summed E-state index contributed by atoms with van der Waals surface area (Å²) < 4.78 is 11.4. The number of furan rings is 1. The van der Waals surface area contributed by atoms with Gasteiger partial charge >= 0.3 is 5.97 Å². The largest absolute Gasteiger partial charge is 0.465 e. The number of rotatable bonds is 6. The van der Waals surface area contributed by atoms with E-state index in [0.717, 1.165) is 11.1 Å². The predicted molar refractivity (Wildman–Crippen MR) is 97.1 cm³/mol. The SMILES string of the molecule is CC(C)[C@@H](OC(=O)C(c1ccccc1)c1ccccc1)c1ccco1. The van der Waals surface area contributed by atoms with Gasteiger partial charge in [-0.15, -0.1) is 0 Å². The first-order chi connectivity index (χ1) is 12.2. The number of hydrogen-bond donors (Lipinski definition) is 0. The number of carbonyl (C=O) groups excluding carboxylic acids is 1. The van der Waals surface area contributed by atoms with Crippen molar-refractivity contribution in [1.29, 1.82) is 0 Å². The van der Waals surface area contributed by atoms with Crippen LogP contribution >= 0.6 is 0 Å². The van der Waals surface area contributed by atoms with E-state index in [4.69, 9.17) is 9.15 Å². The van der Waals surface area contributed by atoms with E-state index in [2.05, 4.69) is 0 Å². The molecule has 0 aliphatic carbocycles. The van der Waals surface area contributed by atoms with E-state index in [9.17, 15) is 4.79 Å². The number of benzene rings is 2. The first-order valence-electron chi connectivity index (χ1n) is 8.50. The second-order valence-corrected chi connectivity index (χ2v) is 6.37. The molecule has 25 heavy (non-hydrogen) atoms. The van der Waals surface area contributed by atoms with Gasteiger partial charge in [-0.25, -0.2) is 0 Å². The Morgan fingerprint density at radius 1 is 0.840 bits per heavy atom. The molecule has 1 heterocycles. The van der Waals surface area contributed by atoms with Crippen molar-refractivity contribution in [3.63, 3.8) is 0 Å². The van der Waals surface area contributed by atoms with Crippen LogP contribution < -0.4 is 0 Å². The highest BCUT2D eigenvalue weighted by atomic mass is 16.6. The van der Waals surface area contributed by atoms with Crippen molar-refractivity contribution in [3.05, 3.63) is 95.9 Å². The zero-order valence-corrected chi connectivity index (χ0v) is 14.5. The van der Waals surface area contributed by atoms with Gasteiger partial charge in [0.05, 0.1) is 6.26 Å². The van der Waals surface area contributed by atoms with Gasteiger partial charge in [-0.2, -0.15) is 0 Å². The van der Waals surface area contributed by atoms with Crippen molar-refractivity contribution >= 4 is 5.97 Å². The first kappa shape index (κ1) is 17.0. The molecular weight excluding hydrogens is 312 g/mol. The van der Waals surface area contributed by atoms with E-state index < -0.39 is 12.0 Å². The van der Waals surface area contributed by atoms with Crippen molar-refractivity contribution in [3.8, 4) is 0 Å². The lowest BCUT2D eigenvalue weighted by atomic mass is 9.91. The maximum Gasteiger partial charge on any atom is 0.318 e. The molecule has 1 atom stereocenters. The summed E-state index contributed by atoms with van der Waals surface area (Å²) in [5.41, 5.74) is 1.83. The Labute approximate surface area is 148 Å². The van der Waals surface area contributed by atoms with Gasteiger partial charge in [0, 0.05) is 0 Å². The van der Waals surface area contributed by atoms with Crippen LogP contribution in [0.5, 0.6) is 0 Å². The summed E-state index contributed by atoms with van der Waals surface area (Å²) >= 11 is 0. The number of hydrogen-bond acceptors (Lipinski definition) is 3. The average molecular weight is 334 g/mol. The molecule has 0 saturated heterocycles. The van der Waals surface area contributed by atoms with Crippen molar-refractivity contribution in [2.24, 2.45) is 5.92 Å². The molecule has 0 N–H and O–H groups in total. The normalized spacial score (nSPS) is 12.3. The Balaban J connectivity index is 1.92. The molecule has 2 aromatic carbocycles. The summed E-state index contributed by atoms with van der Waals surface area (Å²) in [6, 6.07) is 23.1. The highest BCUT2D eigenvalue weighted by molar-refractivity contribution is 5.82. The Hall–Kier alpha value is -2.81. The van der Waals surface area contributed by atoms with E-state index >= 15 is 0 Å².